The van der Waals surface area contributed by atoms with Crippen molar-refractivity contribution in [3.8, 4) is 0 Å². The lowest BCUT2D eigenvalue weighted by Gasteiger charge is -2.38. The van der Waals surface area contributed by atoms with Crippen LogP contribution in [0.3, 0.4) is 0 Å². The monoisotopic (exact) mass is 298 g/mol. The molecule has 0 radical (unpaired) electrons. The Morgan fingerprint density at radius 1 is 1.33 bits per heavy atom. The molecule has 5 nitrogen and oxygen atoms in total. The van der Waals surface area contributed by atoms with E-state index in [1.807, 2.05) is 13.8 Å². The van der Waals surface area contributed by atoms with E-state index in [9.17, 15) is 9.90 Å². The predicted molar refractivity (Wildman–Crippen MR) is 82.2 cm³/mol. The maximum absolute atomic E-state index is 12.0. The molecule has 2 rings (SSSR count). The molecule has 1 heterocycles. The van der Waals surface area contributed by atoms with Crippen molar-refractivity contribution in [2.75, 3.05) is 13.2 Å². The van der Waals surface area contributed by atoms with Gasteiger partial charge in [0.05, 0.1) is 11.2 Å². The van der Waals surface area contributed by atoms with Crippen LogP contribution < -0.4 is 10.6 Å². The number of ether oxygens (including phenoxy) is 1. The van der Waals surface area contributed by atoms with Crippen LogP contribution in [0, 0.1) is 0 Å². The zero-order chi connectivity index (χ0) is 15.3. The van der Waals surface area contributed by atoms with Crippen molar-refractivity contribution in [2.45, 2.75) is 82.5 Å². The van der Waals surface area contributed by atoms with E-state index in [0.717, 1.165) is 32.3 Å². The first kappa shape index (κ1) is 16.6. The second kappa shape index (κ2) is 6.97. The summed E-state index contributed by atoms with van der Waals surface area (Å²) in [6.07, 6.45) is 7.80. The predicted octanol–water partition coefficient (Wildman–Crippen LogP) is 2.33. The molecule has 21 heavy (non-hydrogen) atoms. The SMILES string of the molecule is CCC(O)(CC)CNC(=O)NC1CCOC2(CCCC2)C1. The van der Waals surface area contributed by atoms with Gasteiger partial charge < -0.3 is 20.5 Å². The molecule has 0 bridgehead atoms. The summed E-state index contributed by atoms with van der Waals surface area (Å²) in [5.41, 5.74) is -0.774. The molecular formula is C16H30N2O3. The lowest BCUT2D eigenvalue weighted by Crippen LogP contribution is -2.52. The third-order valence-electron chi connectivity index (χ3n) is 5.24. The molecule has 122 valence electrons. The quantitative estimate of drug-likeness (QED) is 0.729. The summed E-state index contributed by atoms with van der Waals surface area (Å²) in [7, 11) is 0. The van der Waals surface area contributed by atoms with E-state index in [4.69, 9.17) is 4.74 Å². The topological polar surface area (TPSA) is 70.6 Å². The zero-order valence-corrected chi connectivity index (χ0v) is 13.4. The van der Waals surface area contributed by atoms with Crippen LogP contribution in [0.4, 0.5) is 4.79 Å². The Kier molecular flexibility index (Phi) is 5.49. The average molecular weight is 298 g/mol. The molecule has 1 spiro atoms. The molecule has 1 unspecified atom stereocenters. The third kappa shape index (κ3) is 4.33. The van der Waals surface area contributed by atoms with Gasteiger partial charge in [0.15, 0.2) is 0 Å². The summed E-state index contributed by atoms with van der Waals surface area (Å²) in [5, 5.41) is 16.0. The molecule has 5 heteroatoms. The summed E-state index contributed by atoms with van der Waals surface area (Å²) in [4.78, 5) is 12.0. The number of aliphatic hydroxyl groups is 1. The number of urea groups is 1. The first-order chi connectivity index (χ1) is 10.0. The maximum atomic E-state index is 12.0. The largest absolute Gasteiger partial charge is 0.388 e. The van der Waals surface area contributed by atoms with Gasteiger partial charge in [-0.1, -0.05) is 26.7 Å². The van der Waals surface area contributed by atoms with Gasteiger partial charge in [-0.3, -0.25) is 0 Å². The van der Waals surface area contributed by atoms with Crippen LogP contribution in [0.5, 0.6) is 0 Å². The van der Waals surface area contributed by atoms with Crippen molar-refractivity contribution in [3.63, 3.8) is 0 Å². The van der Waals surface area contributed by atoms with E-state index in [-0.39, 0.29) is 17.7 Å². The fraction of sp³-hybridized carbons (Fsp3) is 0.938. The van der Waals surface area contributed by atoms with E-state index in [1.165, 1.54) is 12.8 Å². The van der Waals surface area contributed by atoms with Crippen LogP contribution in [0.25, 0.3) is 0 Å². The van der Waals surface area contributed by atoms with E-state index < -0.39 is 5.60 Å². The highest BCUT2D eigenvalue weighted by Gasteiger charge is 2.40. The minimum atomic E-state index is -0.792. The first-order valence-corrected chi connectivity index (χ1v) is 8.41. The number of rotatable bonds is 5. The van der Waals surface area contributed by atoms with Crippen molar-refractivity contribution in [2.24, 2.45) is 0 Å². The zero-order valence-electron chi connectivity index (χ0n) is 13.4. The fourth-order valence-corrected chi connectivity index (χ4v) is 3.50. The highest BCUT2D eigenvalue weighted by atomic mass is 16.5. The van der Waals surface area contributed by atoms with Crippen LogP contribution >= 0.6 is 0 Å². The van der Waals surface area contributed by atoms with Crippen LogP contribution in [0.1, 0.15) is 65.2 Å². The molecule has 1 saturated heterocycles. The van der Waals surface area contributed by atoms with Crippen LogP contribution in [-0.4, -0.2) is 41.5 Å². The van der Waals surface area contributed by atoms with Gasteiger partial charge in [0.1, 0.15) is 0 Å². The Hall–Kier alpha value is -0.810. The normalized spacial score (nSPS) is 25.0. The summed E-state index contributed by atoms with van der Waals surface area (Å²) in [6, 6.07) is 0.0172. The van der Waals surface area contributed by atoms with Crippen molar-refractivity contribution in [3.05, 3.63) is 0 Å². The van der Waals surface area contributed by atoms with E-state index in [1.54, 1.807) is 0 Å². The van der Waals surface area contributed by atoms with Gasteiger partial charge >= 0.3 is 6.03 Å². The molecular weight excluding hydrogens is 268 g/mol. The van der Waals surface area contributed by atoms with E-state index >= 15 is 0 Å². The molecule has 2 amide bonds. The first-order valence-electron chi connectivity index (χ1n) is 8.41. The summed E-state index contributed by atoms with van der Waals surface area (Å²) in [6.45, 7) is 4.91. The third-order valence-corrected chi connectivity index (χ3v) is 5.24. The van der Waals surface area contributed by atoms with Crippen LogP contribution in [0.2, 0.25) is 0 Å². The number of carbonyl (C=O) groups excluding carboxylic acids is 1. The number of hydrogen-bond acceptors (Lipinski definition) is 3. The van der Waals surface area contributed by atoms with Gasteiger partial charge in [-0.2, -0.15) is 0 Å². The van der Waals surface area contributed by atoms with Crippen LogP contribution in [-0.2, 0) is 4.74 Å². The Bertz CT molecular complexity index is 349. The van der Waals surface area contributed by atoms with Gasteiger partial charge in [-0.05, 0) is 38.5 Å². The second-order valence-corrected chi connectivity index (χ2v) is 6.69. The molecule has 3 N–H and O–H groups in total. The smallest absolute Gasteiger partial charge is 0.315 e. The molecule has 2 fully saturated rings. The minimum absolute atomic E-state index is 0.0176. The molecule has 1 saturated carbocycles. The molecule has 0 aromatic rings. The fourth-order valence-electron chi connectivity index (χ4n) is 3.50. The van der Waals surface area contributed by atoms with Crippen molar-refractivity contribution >= 4 is 6.03 Å². The number of amides is 2. The Morgan fingerprint density at radius 2 is 2.00 bits per heavy atom. The maximum Gasteiger partial charge on any atom is 0.315 e. The summed E-state index contributed by atoms with van der Waals surface area (Å²) >= 11 is 0. The van der Waals surface area contributed by atoms with E-state index in [0.29, 0.717) is 19.4 Å². The van der Waals surface area contributed by atoms with Gasteiger partial charge in [-0.25, -0.2) is 4.79 Å². The lowest BCUT2D eigenvalue weighted by atomic mass is 9.89. The van der Waals surface area contributed by atoms with Gasteiger partial charge in [-0.15, -0.1) is 0 Å². The van der Waals surface area contributed by atoms with Gasteiger partial charge in [0, 0.05) is 19.2 Å². The molecule has 1 aliphatic heterocycles. The number of nitrogens with one attached hydrogen (secondary N) is 2. The summed E-state index contributed by atoms with van der Waals surface area (Å²) < 4.78 is 5.98. The molecule has 2 aliphatic rings. The highest BCUT2D eigenvalue weighted by Crippen LogP contribution is 2.39. The number of carbonyl (C=O) groups is 1. The molecule has 0 aromatic carbocycles. The Balaban J connectivity index is 1.77. The Labute approximate surface area is 127 Å². The Morgan fingerprint density at radius 3 is 2.62 bits per heavy atom. The second-order valence-electron chi connectivity index (χ2n) is 6.69. The van der Waals surface area contributed by atoms with Crippen molar-refractivity contribution in [1.82, 2.24) is 10.6 Å². The molecule has 1 aliphatic carbocycles. The number of hydrogen-bond donors (Lipinski definition) is 3. The van der Waals surface area contributed by atoms with Crippen molar-refractivity contribution < 1.29 is 14.6 Å². The lowest BCUT2D eigenvalue weighted by molar-refractivity contribution is -0.0820. The molecule has 1 atom stereocenters. The standard InChI is InChI=1S/C16H30N2O3/c1-3-15(20,4-2)12-17-14(19)18-13-7-10-21-16(11-13)8-5-6-9-16/h13,20H,3-12H2,1-2H3,(H2,17,18,19). The molecule has 0 aromatic heterocycles. The van der Waals surface area contributed by atoms with Gasteiger partial charge in [0.25, 0.3) is 0 Å². The minimum Gasteiger partial charge on any atom is -0.388 e. The van der Waals surface area contributed by atoms with E-state index in [2.05, 4.69) is 10.6 Å². The average Bonchev–Trinajstić information content (AvgIpc) is 2.92. The van der Waals surface area contributed by atoms with Crippen molar-refractivity contribution in [1.29, 1.82) is 0 Å². The summed E-state index contributed by atoms with van der Waals surface area (Å²) in [5.74, 6) is 0. The van der Waals surface area contributed by atoms with Crippen LogP contribution in [0.15, 0.2) is 0 Å². The highest BCUT2D eigenvalue weighted by molar-refractivity contribution is 5.74. The van der Waals surface area contributed by atoms with Gasteiger partial charge in [0.2, 0.25) is 0 Å².